The van der Waals surface area contributed by atoms with Crippen molar-refractivity contribution >= 4 is 29.3 Å². The monoisotopic (exact) mass is 525 g/mol. The van der Waals surface area contributed by atoms with E-state index in [-0.39, 0.29) is 29.6 Å². The fourth-order valence-corrected chi connectivity index (χ4v) is 5.46. The maximum absolute atomic E-state index is 15.0. The molecule has 8 nitrogen and oxygen atoms in total. The zero-order chi connectivity index (χ0) is 27.8. The summed E-state index contributed by atoms with van der Waals surface area (Å²) in [4.78, 5) is 41.1. The highest BCUT2D eigenvalue weighted by molar-refractivity contribution is 6.10. The molecule has 2 amide bonds. The van der Waals surface area contributed by atoms with E-state index in [9.17, 15) is 14.4 Å². The summed E-state index contributed by atoms with van der Waals surface area (Å²) in [5.41, 5.74) is 0.662. The lowest BCUT2D eigenvalue weighted by Crippen LogP contribution is -2.53. The van der Waals surface area contributed by atoms with Crippen molar-refractivity contribution in [2.24, 2.45) is 5.92 Å². The van der Waals surface area contributed by atoms with Gasteiger partial charge in [0, 0.05) is 18.7 Å². The number of ether oxygens (including phenoxy) is 1. The minimum atomic E-state index is -1.11. The Morgan fingerprint density at radius 2 is 1.92 bits per heavy atom. The number of nitrogens with zero attached hydrogens (tertiary/aromatic N) is 2. The van der Waals surface area contributed by atoms with Crippen molar-refractivity contribution in [3.63, 3.8) is 0 Å². The molecule has 38 heavy (non-hydrogen) atoms. The molecule has 2 aliphatic rings. The number of carbonyl (C=O) groups excluding carboxylic acids is 2. The van der Waals surface area contributed by atoms with Gasteiger partial charge in [-0.25, -0.2) is 14.0 Å². The number of rotatable bonds is 6. The predicted octanol–water partition coefficient (Wildman–Crippen LogP) is 5.41. The maximum Gasteiger partial charge on any atom is 0.414 e. The molecule has 9 heteroatoms. The number of fused-ring (bicyclic) bond motifs is 1. The predicted molar refractivity (Wildman–Crippen MR) is 143 cm³/mol. The first-order valence-electron chi connectivity index (χ1n) is 13.1. The number of amides is 2. The minimum Gasteiger partial charge on any atom is -0.478 e. The average Bonchev–Trinajstić information content (AvgIpc) is 3.10. The number of carbonyl (C=O) groups is 3. The summed E-state index contributed by atoms with van der Waals surface area (Å²) in [5.74, 6) is -1.50. The Bertz CT molecular complexity index is 1240. The van der Waals surface area contributed by atoms with Crippen molar-refractivity contribution in [3.8, 4) is 0 Å². The number of carboxylic acids is 1. The second-order valence-electron chi connectivity index (χ2n) is 11.3. The van der Waals surface area contributed by atoms with Crippen LogP contribution in [0.4, 0.5) is 20.6 Å². The van der Waals surface area contributed by atoms with Crippen LogP contribution in [0.2, 0.25) is 0 Å². The Balaban J connectivity index is 1.62. The van der Waals surface area contributed by atoms with Gasteiger partial charge in [0.25, 0.3) is 0 Å². The highest BCUT2D eigenvalue weighted by Gasteiger charge is 2.50. The number of anilines is 2. The molecule has 0 saturated carbocycles. The summed E-state index contributed by atoms with van der Waals surface area (Å²) >= 11 is 0. The first kappa shape index (κ1) is 27.6. The maximum atomic E-state index is 15.0. The third kappa shape index (κ3) is 5.38. The van der Waals surface area contributed by atoms with Gasteiger partial charge in [0.15, 0.2) is 0 Å². The normalized spacial score (nSPS) is 21.5. The topological polar surface area (TPSA) is 99.2 Å². The number of piperidine rings is 1. The fraction of sp³-hybridized carbons (Fsp3) is 0.483. The molecule has 0 radical (unpaired) electrons. The van der Waals surface area contributed by atoms with Crippen molar-refractivity contribution in [2.75, 3.05) is 29.9 Å². The van der Waals surface area contributed by atoms with Crippen LogP contribution in [0.5, 0.6) is 0 Å². The number of nitrogens with one attached hydrogen (secondary N) is 1. The lowest BCUT2D eigenvalue weighted by Gasteiger charge is -2.42. The van der Waals surface area contributed by atoms with Gasteiger partial charge in [-0.05, 0) is 96.2 Å². The number of likely N-dealkylation sites (tertiary alicyclic amines) is 1. The molecule has 4 rings (SSSR count). The Hall–Kier alpha value is -3.46. The summed E-state index contributed by atoms with van der Waals surface area (Å²) in [6.07, 6.45) is 1.98. The van der Waals surface area contributed by atoms with Gasteiger partial charge in [0.05, 0.1) is 16.9 Å². The molecule has 0 aromatic heterocycles. The summed E-state index contributed by atoms with van der Waals surface area (Å²) in [5, 5.41) is 12.1. The molecule has 204 valence electrons. The molecule has 2 aliphatic heterocycles. The molecular formula is C29H36FN3O5. The molecular weight excluding hydrogens is 489 g/mol. The van der Waals surface area contributed by atoms with Crippen molar-refractivity contribution < 1.29 is 28.6 Å². The van der Waals surface area contributed by atoms with Crippen LogP contribution in [0.15, 0.2) is 36.4 Å². The van der Waals surface area contributed by atoms with Gasteiger partial charge in [-0.1, -0.05) is 12.1 Å². The minimum absolute atomic E-state index is 0.240. The molecule has 2 heterocycles. The molecule has 1 saturated heterocycles. The molecule has 2 aromatic rings. The molecule has 0 spiro atoms. The van der Waals surface area contributed by atoms with E-state index in [4.69, 9.17) is 9.84 Å². The van der Waals surface area contributed by atoms with Gasteiger partial charge in [-0.3, -0.25) is 14.6 Å². The van der Waals surface area contributed by atoms with Crippen LogP contribution in [0, 0.1) is 11.7 Å². The van der Waals surface area contributed by atoms with Crippen LogP contribution in [0.3, 0.4) is 0 Å². The fourth-order valence-electron chi connectivity index (χ4n) is 5.46. The SMILES string of the molecule is CCN(C(=O)OC(C)(C)C)c1cc(F)cc2c1NC(=O)[C@@]2(C)N1CCCC(Cc2ccc(C(=O)O)cc2)C1. The smallest absolute Gasteiger partial charge is 0.414 e. The van der Waals surface area contributed by atoms with Crippen LogP contribution < -0.4 is 10.2 Å². The number of halogens is 1. The number of carboxylic acid groups (broad SMARTS) is 1. The Morgan fingerprint density at radius 3 is 2.53 bits per heavy atom. The molecule has 2 N–H and O–H groups in total. The average molecular weight is 526 g/mol. The van der Waals surface area contributed by atoms with Gasteiger partial charge in [-0.15, -0.1) is 0 Å². The second-order valence-corrected chi connectivity index (χ2v) is 11.3. The molecule has 2 atom stereocenters. The number of benzene rings is 2. The molecule has 2 aromatic carbocycles. The van der Waals surface area contributed by atoms with Crippen molar-refractivity contribution in [1.29, 1.82) is 0 Å². The van der Waals surface area contributed by atoms with E-state index in [1.165, 1.54) is 17.0 Å². The van der Waals surface area contributed by atoms with Crippen LogP contribution in [-0.4, -0.2) is 53.2 Å². The third-order valence-electron chi connectivity index (χ3n) is 7.39. The van der Waals surface area contributed by atoms with Crippen molar-refractivity contribution in [1.82, 2.24) is 4.90 Å². The van der Waals surface area contributed by atoms with Crippen LogP contribution in [-0.2, 0) is 21.5 Å². The van der Waals surface area contributed by atoms with E-state index >= 15 is 4.39 Å². The Labute approximate surface area is 222 Å². The second kappa shape index (κ2) is 10.4. The third-order valence-corrected chi connectivity index (χ3v) is 7.39. The van der Waals surface area contributed by atoms with E-state index in [1.807, 2.05) is 19.1 Å². The van der Waals surface area contributed by atoms with Crippen LogP contribution in [0.25, 0.3) is 0 Å². The molecule has 0 aliphatic carbocycles. The van der Waals surface area contributed by atoms with E-state index in [2.05, 4.69) is 10.2 Å². The highest BCUT2D eigenvalue weighted by atomic mass is 19.1. The first-order valence-corrected chi connectivity index (χ1v) is 13.1. The Kier molecular flexibility index (Phi) is 7.52. The summed E-state index contributed by atoms with van der Waals surface area (Å²) in [7, 11) is 0. The van der Waals surface area contributed by atoms with Gasteiger partial charge < -0.3 is 15.2 Å². The zero-order valence-electron chi connectivity index (χ0n) is 22.6. The van der Waals surface area contributed by atoms with Gasteiger partial charge in [0.1, 0.15) is 17.0 Å². The van der Waals surface area contributed by atoms with Gasteiger partial charge >= 0.3 is 12.1 Å². The van der Waals surface area contributed by atoms with E-state index < -0.39 is 29.0 Å². The van der Waals surface area contributed by atoms with Crippen molar-refractivity contribution in [3.05, 3.63) is 58.9 Å². The number of aromatic carboxylic acids is 1. The van der Waals surface area contributed by atoms with E-state index in [0.717, 1.165) is 24.8 Å². The number of hydrogen-bond donors (Lipinski definition) is 2. The highest BCUT2D eigenvalue weighted by Crippen LogP contribution is 2.47. The van der Waals surface area contributed by atoms with Gasteiger partial charge in [0.2, 0.25) is 5.91 Å². The van der Waals surface area contributed by atoms with Gasteiger partial charge in [-0.2, -0.15) is 0 Å². The van der Waals surface area contributed by atoms with Crippen LogP contribution in [0.1, 0.15) is 68.9 Å². The summed E-state index contributed by atoms with van der Waals surface area (Å²) in [6, 6.07) is 9.52. The summed E-state index contributed by atoms with van der Waals surface area (Å²) in [6.45, 7) is 10.4. The lowest BCUT2D eigenvalue weighted by molar-refractivity contribution is -0.128. The standard InChI is InChI=1S/C29H36FN3O5/c1-6-33(27(37)38-28(2,3)4)23-16-21(30)15-22-24(23)31-26(36)29(22,5)32-13-7-8-19(17-32)14-18-9-11-20(12-10-18)25(34)35/h9-12,15-16,19H,6-8,13-14,17H2,1-5H3,(H,31,36)(H,34,35)/t19?,29-/m0/s1. The van der Waals surface area contributed by atoms with Crippen LogP contribution >= 0.6 is 0 Å². The lowest BCUT2D eigenvalue weighted by atomic mass is 9.84. The Morgan fingerprint density at radius 1 is 1.24 bits per heavy atom. The molecule has 0 bridgehead atoms. The van der Waals surface area contributed by atoms with E-state index in [0.29, 0.717) is 24.3 Å². The first-order chi connectivity index (χ1) is 17.8. The molecule has 1 unspecified atom stereocenters. The zero-order valence-corrected chi connectivity index (χ0v) is 22.6. The summed E-state index contributed by atoms with van der Waals surface area (Å²) < 4.78 is 20.6. The molecule has 1 fully saturated rings. The van der Waals surface area contributed by atoms with Crippen molar-refractivity contribution in [2.45, 2.75) is 65.0 Å². The number of hydrogen-bond acceptors (Lipinski definition) is 5. The largest absolute Gasteiger partial charge is 0.478 e. The quantitative estimate of drug-likeness (QED) is 0.524. The van der Waals surface area contributed by atoms with E-state index in [1.54, 1.807) is 39.8 Å².